The van der Waals surface area contributed by atoms with Gasteiger partial charge in [0.05, 0.1) is 22.8 Å². The van der Waals surface area contributed by atoms with Gasteiger partial charge in [-0.25, -0.2) is 4.68 Å². The van der Waals surface area contributed by atoms with Crippen LogP contribution >= 0.6 is 11.6 Å². The summed E-state index contributed by atoms with van der Waals surface area (Å²) in [4.78, 5) is 39.6. The number of hydrogen-bond acceptors (Lipinski definition) is 7. The van der Waals surface area contributed by atoms with E-state index in [0.29, 0.717) is 42.6 Å². The molecule has 1 saturated heterocycles. The lowest BCUT2D eigenvalue weighted by atomic mass is 10.2. The van der Waals surface area contributed by atoms with Crippen LogP contribution in [0.25, 0.3) is 5.69 Å². The van der Waals surface area contributed by atoms with E-state index >= 15 is 0 Å². The molecule has 0 bridgehead atoms. The molecule has 11 nitrogen and oxygen atoms in total. The summed E-state index contributed by atoms with van der Waals surface area (Å²) in [6, 6.07) is 13.4. The zero-order valence-electron chi connectivity index (χ0n) is 18.3. The standard InChI is InChI=1S/C22H22ClN7O4/c1-15-21(25-26-29(15)18-3-2-4-19(13-18)30(33)34)22(32)24-14-20(31)28-11-9-27(10-12-28)17-7-5-16(23)6-8-17/h2-8,13H,9-12,14H2,1H3,(H,24,32). The molecular weight excluding hydrogens is 462 g/mol. The normalized spacial score (nSPS) is 13.6. The second-order valence-electron chi connectivity index (χ2n) is 7.74. The van der Waals surface area contributed by atoms with Crippen molar-refractivity contribution in [3.05, 3.63) is 75.1 Å². The number of anilines is 1. The van der Waals surface area contributed by atoms with E-state index < -0.39 is 10.8 Å². The fourth-order valence-corrected chi connectivity index (χ4v) is 3.87. The zero-order chi connectivity index (χ0) is 24.2. The van der Waals surface area contributed by atoms with Gasteiger partial charge < -0.3 is 15.1 Å². The number of non-ortho nitro benzene ring substituents is 1. The van der Waals surface area contributed by atoms with Crippen molar-refractivity contribution in [1.82, 2.24) is 25.2 Å². The number of rotatable bonds is 6. The van der Waals surface area contributed by atoms with Crippen molar-refractivity contribution in [3.8, 4) is 5.69 Å². The number of nitro benzene ring substituents is 1. The van der Waals surface area contributed by atoms with E-state index in [-0.39, 0.29) is 23.8 Å². The first-order valence-corrected chi connectivity index (χ1v) is 10.9. The van der Waals surface area contributed by atoms with Gasteiger partial charge >= 0.3 is 0 Å². The Morgan fingerprint density at radius 2 is 1.79 bits per heavy atom. The number of piperazine rings is 1. The summed E-state index contributed by atoms with van der Waals surface area (Å²) in [5, 5.41) is 22.1. The van der Waals surface area contributed by atoms with Crippen LogP contribution in [-0.2, 0) is 4.79 Å². The molecule has 3 aromatic rings. The molecule has 0 saturated carbocycles. The van der Waals surface area contributed by atoms with Crippen LogP contribution in [0.3, 0.4) is 0 Å². The number of nitrogens with one attached hydrogen (secondary N) is 1. The van der Waals surface area contributed by atoms with Gasteiger partial charge in [0.25, 0.3) is 11.6 Å². The van der Waals surface area contributed by atoms with Crippen molar-refractivity contribution in [2.45, 2.75) is 6.92 Å². The van der Waals surface area contributed by atoms with Crippen LogP contribution in [0, 0.1) is 17.0 Å². The number of nitrogens with zero attached hydrogens (tertiary/aromatic N) is 6. The number of carbonyl (C=O) groups excluding carboxylic acids is 2. The van der Waals surface area contributed by atoms with Gasteiger partial charge in [0.2, 0.25) is 5.91 Å². The van der Waals surface area contributed by atoms with Crippen molar-refractivity contribution in [2.75, 3.05) is 37.6 Å². The number of aromatic nitrogens is 3. The molecule has 0 atom stereocenters. The highest BCUT2D eigenvalue weighted by atomic mass is 35.5. The van der Waals surface area contributed by atoms with Crippen molar-refractivity contribution in [3.63, 3.8) is 0 Å². The van der Waals surface area contributed by atoms with Crippen molar-refractivity contribution in [1.29, 1.82) is 0 Å². The Balaban J connectivity index is 1.33. The van der Waals surface area contributed by atoms with Crippen LogP contribution in [0.1, 0.15) is 16.2 Å². The molecule has 2 amide bonds. The van der Waals surface area contributed by atoms with Gasteiger partial charge in [-0.3, -0.25) is 19.7 Å². The van der Waals surface area contributed by atoms with E-state index in [0.717, 1.165) is 5.69 Å². The second-order valence-corrected chi connectivity index (χ2v) is 8.18. The van der Waals surface area contributed by atoms with E-state index in [1.165, 1.54) is 22.9 Å². The molecule has 0 radical (unpaired) electrons. The molecule has 34 heavy (non-hydrogen) atoms. The number of carbonyl (C=O) groups is 2. The SMILES string of the molecule is Cc1c(C(=O)NCC(=O)N2CCN(c3ccc(Cl)cc3)CC2)nnn1-c1cccc([N+](=O)[O-])c1. The highest BCUT2D eigenvalue weighted by Gasteiger charge is 2.23. The average molecular weight is 484 g/mol. The molecule has 1 fully saturated rings. The molecular formula is C22H22ClN7O4. The maximum atomic E-state index is 12.6. The Labute approximate surface area is 200 Å². The minimum atomic E-state index is -0.540. The molecule has 176 valence electrons. The molecule has 0 aliphatic carbocycles. The summed E-state index contributed by atoms with van der Waals surface area (Å²) in [5.74, 6) is -0.727. The lowest BCUT2D eigenvalue weighted by Crippen LogP contribution is -2.51. The maximum absolute atomic E-state index is 12.6. The molecule has 0 spiro atoms. The predicted octanol–water partition coefficient (Wildman–Crippen LogP) is 2.22. The summed E-state index contributed by atoms with van der Waals surface area (Å²) in [5.41, 5.74) is 1.81. The summed E-state index contributed by atoms with van der Waals surface area (Å²) >= 11 is 5.94. The third-order valence-electron chi connectivity index (χ3n) is 5.62. The topological polar surface area (TPSA) is 127 Å². The fourth-order valence-electron chi connectivity index (χ4n) is 3.74. The largest absolute Gasteiger partial charge is 0.368 e. The lowest BCUT2D eigenvalue weighted by Gasteiger charge is -2.36. The van der Waals surface area contributed by atoms with Crippen molar-refractivity contribution >= 4 is 34.8 Å². The van der Waals surface area contributed by atoms with Crippen LogP contribution in [0.2, 0.25) is 5.02 Å². The van der Waals surface area contributed by atoms with Crippen LogP contribution in [0.5, 0.6) is 0 Å². The Morgan fingerprint density at radius 1 is 1.09 bits per heavy atom. The number of hydrogen-bond donors (Lipinski definition) is 1. The molecule has 1 N–H and O–H groups in total. The number of amides is 2. The summed E-state index contributed by atoms with van der Waals surface area (Å²) in [6.45, 7) is 3.91. The summed E-state index contributed by atoms with van der Waals surface area (Å²) in [6.07, 6.45) is 0. The first-order valence-electron chi connectivity index (χ1n) is 10.6. The van der Waals surface area contributed by atoms with Crippen molar-refractivity contribution < 1.29 is 14.5 Å². The minimum Gasteiger partial charge on any atom is -0.368 e. The van der Waals surface area contributed by atoms with Crippen LogP contribution in [-0.4, -0.2) is 69.4 Å². The predicted molar refractivity (Wildman–Crippen MR) is 125 cm³/mol. The highest BCUT2D eigenvalue weighted by Crippen LogP contribution is 2.20. The van der Waals surface area contributed by atoms with E-state index in [2.05, 4.69) is 20.5 Å². The average Bonchev–Trinajstić information content (AvgIpc) is 3.24. The quantitative estimate of drug-likeness (QED) is 0.420. The first kappa shape index (κ1) is 23.2. The van der Waals surface area contributed by atoms with E-state index in [4.69, 9.17) is 11.6 Å². The van der Waals surface area contributed by atoms with E-state index in [1.807, 2.05) is 24.3 Å². The lowest BCUT2D eigenvalue weighted by molar-refractivity contribution is -0.384. The van der Waals surface area contributed by atoms with Crippen molar-refractivity contribution in [2.24, 2.45) is 0 Å². The molecule has 4 rings (SSSR count). The van der Waals surface area contributed by atoms with Gasteiger partial charge in [-0.1, -0.05) is 22.9 Å². The second kappa shape index (κ2) is 9.87. The van der Waals surface area contributed by atoms with Crippen LogP contribution in [0.4, 0.5) is 11.4 Å². The molecule has 2 heterocycles. The Bertz CT molecular complexity index is 1220. The number of nitro groups is 1. The molecule has 1 aliphatic heterocycles. The van der Waals surface area contributed by atoms with Crippen LogP contribution in [0.15, 0.2) is 48.5 Å². The number of halogens is 1. The van der Waals surface area contributed by atoms with Gasteiger partial charge in [0.15, 0.2) is 5.69 Å². The number of benzene rings is 2. The Kier molecular flexibility index (Phi) is 6.73. The van der Waals surface area contributed by atoms with Gasteiger partial charge in [-0.15, -0.1) is 5.10 Å². The van der Waals surface area contributed by atoms with E-state index in [1.54, 1.807) is 17.9 Å². The van der Waals surface area contributed by atoms with Gasteiger partial charge in [-0.05, 0) is 37.3 Å². The molecule has 1 aromatic heterocycles. The summed E-state index contributed by atoms with van der Waals surface area (Å²) < 4.78 is 1.35. The fraction of sp³-hybridized carbons (Fsp3) is 0.273. The van der Waals surface area contributed by atoms with Crippen LogP contribution < -0.4 is 10.2 Å². The monoisotopic (exact) mass is 483 g/mol. The maximum Gasteiger partial charge on any atom is 0.274 e. The third-order valence-corrected chi connectivity index (χ3v) is 5.87. The molecule has 12 heteroatoms. The van der Waals surface area contributed by atoms with Gasteiger partial charge in [-0.2, -0.15) is 0 Å². The molecule has 1 aliphatic rings. The smallest absolute Gasteiger partial charge is 0.274 e. The summed E-state index contributed by atoms with van der Waals surface area (Å²) in [7, 11) is 0. The third kappa shape index (κ3) is 4.99. The first-order chi connectivity index (χ1) is 16.3. The Morgan fingerprint density at radius 3 is 2.47 bits per heavy atom. The van der Waals surface area contributed by atoms with Gasteiger partial charge in [0.1, 0.15) is 0 Å². The van der Waals surface area contributed by atoms with E-state index in [9.17, 15) is 19.7 Å². The molecule has 0 unspecified atom stereocenters. The Hall–Kier alpha value is -3.99. The minimum absolute atomic E-state index is 0.0480. The van der Waals surface area contributed by atoms with Gasteiger partial charge in [0, 0.05) is 49.0 Å². The zero-order valence-corrected chi connectivity index (χ0v) is 19.1. The highest BCUT2D eigenvalue weighted by molar-refractivity contribution is 6.30. The molecule has 2 aromatic carbocycles.